The standard InChI is InChI=1S/C36H36F5N7O3S/c1-5-26(49)47-14-19(3)48(15-18(47)2)33-22-11-24(36(39,40)41)28(21-7-8-25(37)31-27(21)23(13-42)32(43)52-31)29(38)30(22)44-34(45-33)51-17-35-9-6-10-46(35)16-20(12-35)50-4/h5,7-8,11,18-20H,1,6,9-10,12,14-17,43H2,2-4H3/t18-,19+,20-,35+/m1/s1. The van der Waals surface area contributed by atoms with Gasteiger partial charge in [-0.2, -0.15) is 28.4 Å². The minimum Gasteiger partial charge on any atom is -0.461 e. The van der Waals surface area contributed by atoms with Gasteiger partial charge in [0, 0.05) is 55.2 Å². The van der Waals surface area contributed by atoms with Crippen LogP contribution in [-0.2, 0) is 15.7 Å². The lowest BCUT2D eigenvalue weighted by atomic mass is 9.92. The number of hydrogen-bond donors (Lipinski definition) is 1. The monoisotopic (exact) mass is 741 g/mol. The summed E-state index contributed by atoms with van der Waals surface area (Å²) in [6, 6.07) is 3.47. The third kappa shape index (κ3) is 5.79. The maximum Gasteiger partial charge on any atom is 0.417 e. The third-order valence-electron chi connectivity index (χ3n) is 10.7. The summed E-state index contributed by atoms with van der Waals surface area (Å²) in [5, 5.41) is 9.31. The molecule has 7 rings (SSSR count). The fourth-order valence-corrected chi connectivity index (χ4v) is 9.09. The predicted molar refractivity (Wildman–Crippen MR) is 187 cm³/mol. The van der Waals surface area contributed by atoms with E-state index >= 15 is 17.6 Å². The Kier molecular flexibility index (Phi) is 9.03. The first kappa shape index (κ1) is 35.8. The van der Waals surface area contributed by atoms with Gasteiger partial charge < -0.3 is 25.0 Å². The lowest BCUT2D eigenvalue weighted by Gasteiger charge is -2.44. The van der Waals surface area contributed by atoms with Crippen LogP contribution in [0, 0.1) is 23.0 Å². The van der Waals surface area contributed by atoms with Gasteiger partial charge in [0.2, 0.25) is 5.91 Å². The van der Waals surface area contributed by atoms with Crippen molar-refractivity contribution in [1.82, 2.24) is 19.8 Å². The lowest BCUT2D eigenvalue weighted by Crippen LogP contribution is -2.58. The van der Waals surface area contributed by atoms with Gasteiger partial charge in [0.05, 0.1) is 27.5 Å². The largest absolute Gasteiger partial charge is 0.461 e. The highest BCUT2D eigenvalue weighted by atomic mass is 32.1. The van der Waals surface area contributed by atoms with E-state index in [0.29, 0.717) is 17.8 Å². The summed E-state index contributed by atoms with van der Waals surface area (Å²) in [4.78, 5) is 27.3. The van der Waals surface area contributed by atoms with Crippen LogP contribution in [0.25, 0.3) is 32.1 Å². The first-order valence-electron chi connectivity index (χ1n) is 16.8. The Bertz CT molecular complexity index is 2150. The molecule has 0 radical (unpaired) electrons. The molecule has 0 unspecified atom stereocenters. The van der Waals surface area contributed by atoms with Crippen LogP contribution in [0.3, 0.4) is 0 Å². The SMILES string of the molecule is C=CC(=O)N1C[C@H](C)N(c2nc(OC[C@@]34CCCN3C[C@H](OC)C4)nc3c(F)c(-c4ccc(F)c5sc(N)c(C#N)c45)c(C(F)(F)F)cc23)C[C@H]1C. The van der Waals surface area contributed by atoms with Crippen LogP contribution in [0.2, 0.25) is 0 Å². The number of ether oxygens (including phenoxy) is 2. The summed E-state index contributed by atoms with van der Waals surface area (Å²) in [7, 11) is 1.65. The number of carbonyl (C=O) groups is 1. The number of nitrogen functional groups attached to an aromatic ring is 1. The molecule has 3 aliphatic rings. The topological polar surface area (TPSA) is 121 Å². The molecular formula is C36H36F5N7O3S. The molecule has 3 saturated heterocycles. The van der Waals surface area contributed by atoms with E-state index in [2.05, 4.69) is 21.4 Å². The van der Waals surface area contributed by atoms with Gasteiger partial charge in [-0.1, -0.05) is 12.6 Å². The molecule has 3 aliphatic heterocycles. The number of aromatic nitrogens is 2. The molecule has 16 heteroatoms. The number of nitriles is 1. The molecule has 0 aliphatic carbocycles. The maximum atomic E-state index is 17.2. The zero-order chi connectivity index (χ0) is 37.3. The molecule has 0 saturated carbocycles. The van der Waals surface area contributed by atoms with E-state index in [1.165, 1.54) is 6.08 Å². The first-order valence-corrected chi connectivity index (χ1v) is 17.7. The fraction of sp³-hybridized carbons (Fsp3) is 0.444. The van der Waals surface area contributed by atoms with Crippen LogP contribution in [0.15, 0.2) is 30.9 Å². The lowest BCUT2D eigenvalue weighted by molar-refractivity contribution is -0.137. The van der Waals surface area contributed by atoms with Gasteiger partial charge in [0.25, 0.3) is 0 Å². The van der Waals surface area contributed by atoms with Gasteiger partial charge in [0.1, 0.15) is 34.8 Å². The normalized spacial score (nSPS) is 23.7. The second kappa shape index (κ2) is 13.1. The highest BCUT2D eigenvalue weighted by Crippen LogP contribution is 2.48. The number of nitrogens with zero attached hydrogens (tertiary/aromatic N) is 6. The summed E-state index contributed by atoms with van der Waals surface area (Å²) >= 11 is 0.694. The molecule has 3 fully saturated rings. The Morgan fingerprint density at radius 1 is 1.21 bits per heavy atom. The number of hydrogen-bond acceptors (Lipinski definition) is 10. The van der Waals surface area contributed by atoms with Crippen LogP contribution < -0.4 is 15.4 Å². The average molecular weight is 742 g/mol. The molecule has 4 atom stereocenters. The number of halogens is 5. The van der Waals surface area contributed by atoms with Crippen molar-refractivity contribution in [2.24, 2.45) is 0 Å². The summed E-state index contributed by atoms with van der Waals surface area (Å²) < 4.78 is 89.2. The summed E-state index contributed by atoms with van der Waals surface area (Å²) in [6.07, 6.45) is -1.46. The smallest absolute Gasteiger partial charge is 0.417 e. The molecule has 52 heavy (non-hydrogen) atoms. The number of nitrogens with two attached hydrogens (primary N) is 1. The maximum absolute atomic E-state index is 17.2. The number of methoxy groups -OCH3 is 1. The molecule has 4 aromatic rings. The number of alkyl halides is 3. The van der Waals surface area contributed by atoms with E-state index in [1.54, 1.807) is 30.8 Å². The van der Waals surface area contributed by atoms with Gasteiger partial charge in [-0.3, -0.25) is 9.69 Å². The molecule has 0 spiro atoms. The van der Waals surface area contributed by atoms with Crippen LogP contribution >= 0.6 is 11.3 Å². The van der Waals surface area contributed by atoms with Crippen LogP contribution in [-0.4, -0.2) is 89.3 Å². The molecule has 10 nitrogen and oxygen atoms in total. The van der Waals surface area contributed by atoms with E-state index in [1.807, 2.05) is 6.07 Å². The van der Waals surface area contributed by atoms with Crippen LogP contribution in [0.5, 0.6) is 6.01 Å². The van der Waals surface area contributed by atoms with Gasteiger partial charge in [-0.15, -0.1) is 11.3 Å². The van der Waals surface area contributed by atoms with E-state index in [-0.39, 0.29) is 80.7 Å². The molecule has 274 valence electrons. The molecule has 0 bridgehead atoms. The number of thiophene rings is 1. The zero-order valence-electron chi connectivity index (χ0n) is 28.7. The van der Waals surface area contributed by atoms with E-state index < -0.39 is 46.5 Å². The highest BCUT2D eigenvalue weighted by Gasteiger charge is 2.49. The highest BCUT2D eigenvalue weighted by molar-refractivity contribution is 7.23. The second-order valence-corrected chi connectivity index (χ2v) is 14.8. The Morgan fingerprint density at radius 3 is 2.67 bits per heavy atom. The molecule has 2 aromatic heterocycles. The van der Waals surface area contributed by atoms with Crippen molar-refractivity contribution in [3.63, 3.8) is 0 Å². The average Bonchev–Trinajstić information content (AvgIpc) is 3.78. The molecule has 1 amide bonds. The quantitative estimate of drug-likeness (QED) is 0.167. The number of piperazine rings is 1. The van der Waals surface area contributed by atoms with Gasteiger partial charge in [-0.25, -0.2) is 8.78 Å². The number of benzene rings is 2. The third-order valence-corrected chi connectivity index (χ3v) is 11.7. The Hall–Kier alpha value is -4.59. The first-order chi connectivity index (χ1) is 24.7. The Labute approximate surface area is 300 Å². The predicted octanol–water partition coefficient (Wildman–Crippen LogP) is 6.51. The van der Waals surface area contributed by atoms with Crippen molar-refractivity contribution in [3.05, 3.63) is 53.6 Å². The number of carbonyl (C=O) groups excluding carboxylic acids is 1. The van der Waals surface area contributed by atoms with Crippen molar-refractivity contribution in [2.75, 3.05) is 50.5 Å². The number of rotatable bonds is 7. The van der Waals surface area contributed by atoms with E-state index in [9.17, 15) is 14.4 Å². The fourth-order valence-electron chi connectivity index (χ4n) is 8.14. The van der Waals surface area contributed by atoms with E-state index in [4.69, 9.17) is 15.2 Å². The number of amides is 1. The van der Waals surface area contributed by atoms with Crippen molar-refractivity contribution in [1.29, 1.82) is 5.26 Å². The van der Waals surface area contributed by atoms with Crippen molar-refractivity contribution in [2.45, 2.75) is 63.0 Å². The number of anilines is 2. The Balaban J connectivity index is 1.45. The van der Waals surface area contributed by atoms with E-state index in [0.717, 1.165) is 44.1 Å². The van der Waals surface area contributed by atoms with Crippen LogP contribution in [0.4, 0.5) is 32.8 Å². The second-order valence-electron chi connectivity index (χ2n) is 13.8. The number of fused-ring (bicyclic) bond motifs is 3. The van der Waals surface area contributed by atoms with Gasteiger partial charge >= 0.3 is 12.2 Å². The summed E-state index contributed by atoms with van der Waals surface area (Å²) in [5.74, 6) is -2.45. The molecule has 2 N–H and O–H groups in total. The molecule has 5 heterocycles. The summed E-state index contributed by atoms with van der Waals surface area (Å²) in [6.45, 7) is 9.21. The summed E-state index contributed by atoms with van der Waals surface area (Å²) in [5.41, 5.74) is 2.27. The van der Waals surface area contributed by atoms with Crippen molar-refractivity contribution < 1.29 is 36.2 Å². The molecule has 2 aromatic carbocycles. The minimum atomic E-state index is -5.11. The zero-order valence-corrected chi connectivity index (χ0v) is 29.5. The van der Waals surface area contributed by atoms with Crippen LogP contribution in [0.1, 0.15) is 44.2 Å². The minimum absolute atomic E-state index is 0.00437. The van der Waals surface area contributed by atoms with Crippen molar-refractivity contribution in [3.8, 4) is 23.2 Å². The van der Waals surface area contributed by atoms with Gasteiger partial charge in [0.15, 0.2) is 5.82 Å². The molecular weight excluding hydrogens is 705 g/mol. The van der Waals surface area contributed by atoms with Gasteiger partial charge in [-0.05, 0) is 63.4 Å². The Morgan fingerprint density at radius 2 is 1.98 bits per heavy atom. The van der Waals surface area contributed by atoms with Crippen molar-refractivity contribution >= 4 is 49.1 Å².